The van der Waals surface area contributed by atoms with Crippen LogP contribution in [0, 0.1) is 5.82 Å². The molecule has 4 nitrogen and oxygen atoms in total. The van der Waals surface area contributed by atoms with Gasteiger partial charge in [0.05, 0.1) is 0 Å². The van der Waals surface area contributed by atoms with Gasteiger partial charge in [-0.3, -0.25) is 0 Å². The summed E-state index contributed by atoms with van der Waals surface area (Å²) in [5.74, 6) is 0.778. The third-order valence-corrected chi connectivity index (χ3v) is 3.22. The maximum atomic E-state index is 13.0. The Kier molecular flexibility index (Phi) is 4.96. The van der Waals surface area contributed by atoms with Gasteiger partial charge in [-0.1, -0.05) is 22.8 Å². The molecule has 114 valence electrons. The Morgan fingerprint density at radius 2 is 2.10 bits per heavy atom. The standard InChI is InChI=1S/C15H19ClFN3O/c1-15(2,3)18-7-6-14-19-13(20-21-14)8-10-4-5-11(17)9-12(10)16/h4-5,9,18H,6-8H2,1-3H3. The monoisotopic (exact) mass is 311 g/mol. The van der Waals surface area contributed by atoms with E-state index in [0.29, 0.717) is 29.6 Å². The van der Waals surface area contributed by atoms with Crippen LogP contribution in [0.1, 0.15) is 38.0 Å². The smallest absolute Gasteiger partial charge is 0.227 e. The van der Waals surface area contributed by atoms with Crippen molar-refractivity contribution in [1.29, 1.82) is 0 Å². The lowest BCUT2D eigenvalue weighted by Crippen LogP contribution is -2.37. The molecule has 0 saturated carbocycles. The van der Waals surface area contributed by atoms with Gasteiger partial charge in [0.1, 0.15) is 5.82 Å². The topological polar surface area (TPSA) is 51.0 Å². The number of nitrogens with one attached hydrogen (secondary N) is 1. The zero-order valence-electron chi connectivity index (χ0n) is 12.4. The highest BCUT2D eigenvalue weighted by Crippen LogP contribution is 2.19. The van der Waals surface area contributed by atoms with Gasteiger partial charge in [-0.2, -0.15) is 4.98 Å². The maximum Gasteiger partial charge on any atom is 0.227 e. The average Bonchev–Trinajstić information content (AvgIpc) is 2.79. The Morgan fingerprint density at radius 3 is 2.76 bits per heavy atom. The molecular formula is C15H19ClFN3O. The second-order valence-electron chi connectivity index (χ2n) is 5.94. The Morgan fingerprint density at radius 1 is 1.33 bits per heavy atom. The van der Waals surface area contributed by atoms with E-state index >= 15 is 0 Å². The molecule has 0 fully saturated rings. The second kappa shape index (κ2) is 6.54. The first-order valence-corrected chi connectivity index (χ1v) is 7.22. The number of rotatable bonds is 5. The molecule has 2 rings (SSSR count). The molecule has 1 aromatic heterocycles. The van der Waals surface area contributed by atoms with Gasteiger partial charge in [-0.15, -0.1) is 0 Å². The fourth-order valence-corrected chi connectivity index (χ4v) is 2.08. The minimum Gasteiger partial charge on any atom is -0.339 e. The molecule has 0 radical (unpaired) electrons. The molecule has 1 aromatic carbocycles. The van der Waals surface area contributed by atoms with Crippen molar-refractivity contribution in [2.24, 2.45) is 0 Å². The van der Waals surface area contributed by atoms with Crippen molar-refractivity contribution in [2.75, 3.05) is 6.54 Å². The molecule has 0 aliphatic heterocycles. The molecule has 1 N–H and O–H groups in total. The van der Waals surface area contributed by atoms with Gasteiger partial charge in [0, 0.05) is 29.9 Å². The maximum absolute atomic E-state index is 13.0. The molecule has 0 amide bonds. The molecule has 21 heavy (non-hydrogen) atoms. The van der Waals surface area contributed by atoms with Crippen LogP contribution in [0.25, 0.3) is 0 Å². The van der Waals surface area contributed by atoms with Crippen molar-refractivity contribution in [3.63, 3.8) is 0 Å². The van der Waals surface area contributed by atoms with E-state index in [1.165, 1.54) is 12.1 Å². The largest absolute Gasteiger partial charge is 0.339 e. The van der Waals surface area contributed by atoms with Crippen molar-refractivity contribution in [3.05, 3.63) is 46.3 Å². The highest BCUT2D eigenvalue weighted by atomic mass is 35.5. The van der Waals surface area contributed by atoms with Crippen LogP contribution in [0.15, 0.2) is 22.7 Å². The summed E-state index contributed by atoms with van der Waals surface area (Å²) in [4.78, 5) is 4.32. The molecule has 0 atom stereocenters. The van der Waals surface area contributed by atoms with E-state index < -0.39 is 0 Å². The molecule has 0 spiro atoms. The van der Waals surface area contributed by atoms with Crippen LogP contribution < -0.4 is 5.32 Å². The Hall–Kier alpha value is -1.46. The molecule has 0 bridgehead atoms. The number of halogens is 2. The summed E-state index contributed by atoms with van der Waals surface area (Å²) < 4.78 is 18.2. The molecular weight excluding hydrogens is 293 g/mol. The van der Waals surface area contributed by atoms with Gasteiger partial charge in [0.25, 0.3) is 0 Å². The van der Waals surface area contributed by atoms with E-state index in [1.807, 2.05) is 0 Å². The third kappa shape index (κ3) is 5.10. The number of hydrogen-bond donors (Lipinski definition) is 1. The molecule has 2 aromatic rings. The first-order chi connectivity index (χ1) is 9.83. The lowest BCUT2D eigenvalue weighted by atomic mass is 10.1. The molecule has 6 heteroatoms. The minimum atomic E-state index is -0.356. The van der Waals surface area contributed by atoms with E-state index in [-0.39, 0.29) is 11.4 Å². The predicted molar refractivity (Wildman–Crippen MR) is 80.0 cm³/mol. The third-order valence-electron chi connectivity index (χ3n) is 2.87. The second-order valence-corrected chi connectivity index (χ2v) is 6.35. The van der Waals surface area contributed by atoms with Crippen molar-refractivity contribution >= 4 is 11.6 Å². The van der Waals surface area contributed by atoms with Gasteiger partial charge in [0.2, 0.25) is 5.89 Å². The van der Waals surface area contributed by atoms with Gasteiger partial charge in [-0.25, -0.2) is 4.39 Å². The van der Waals surface area contributed by atoms with Crippen molar-refractivity contribution in [2.45, 2.75) is 39.2 Å². The van der Waals surface area contributed by atoms with E-state index in [1.54, 1.807) is 6.07 Å². The van der Waals surface area contributed by atoms with E-state index in [4.69, 9.17) is 16.1 Å². The van der Waals surface area contributed by atoms with Gasteiger partial charge < -0.3 is 9.84 Å². The number of benzene rings is 1. The number of hydrogen-bond acceptors (Lipinski definition) is 4. The Balaban J connectivity index is 1.94. The van der Waals surface area contributed by atoms with Gasteiger partial charge >= 0.3 is 0 Å². The summed E-state index contributed by atoms with van der Waals surface area (Å²) in [6.45, 7) is 7.07. The minimum absolute atomic E-state index is 0.0600. The average molecular weight is 312 g/mol. The summed E-state index contributed by atoms with van der Waals surface area (Å²) in [5, 5.41) is 7.65. The molecule has 1 heterocycles. The van der Waals surface area contributed by atoms with Crippen LogP contribution in [0.4, 0.5) is 4.39 Å². The van der Waals surface area contributed by atoms with E-state index in [0.717, 1.165) is 12.1 Å². The van der Waals surface area contributed by atoms with E-state index in [2.05, 4.69) is 36.2 Å². The lowest BCUT2D eigenvalue weighted by Gasteiger charge is -2.19. The van der Waals surface area contributed by atoms with Crippen molar-refractivity contribution in [3.8, 4) is 0 Å². The zero-order chi connectivity index (χ0) is 15.5. The SMILES string of the molecule is CC(C)(C)NCCc1nc(Cc2ccc(F)cc2Cl)no1. The lowest BCUT2D eigenvalue weighted by molar-refractivity contribution is 0.359. The molecule has 0 saturated heterocycles. The molecule has 0 aliphatic carbocycles. The van der Waals surface area contributed by atoms with Crippen LogP contribution in [0.5, 0.6) is 0 Å². The van der Waals surface area contributed by atoms with Crippen LogP contribution in [-0.2, 0) is 12.8 Å². The van der Waals surface area contributed by atoms with E-state index in [9.17, 15) is 4.39 Å². The Labute approximate surface area is 128 Å². The predicted octanol–water partition coefficient (Wildman–Crippen LogP) is 3.38. The fraction of sp³-hybridized carbons (Fsp3) is 0.467. The normalized spacial score (nSPS) is 11.9. The Bertz CT molecular complexity index is 607. The van der Waals surface area contributed by atoms with Crippen molar-refractivity contribution < 1.29 is 8.91 Å². The van der Waals surface area contributed by atoms with Crippen molar-refractivity contribution in [1.82, 2.24) is 15.5 Å². The van der Waals surface area contributed by atoms with Crippen LogP contribution in [-0.4, -0.2) is 22.2 Å². The highest BCUT2D eigenvalue weighted by molar-refractivity contribution is 6.31. The summed E-state index contributed by atoms with van der Waals surface area (Å²) >= 11 is 5.98. The number of nitrogens with zero attached hydrogens (tertiary/aromatic N) is 2. The first-order valence-electron chi connectivity index (χ1n) is 6.84. The molecule has 0 unspecified atom stereocenters. The first kappa shape index (κ1) is 15.9. The fourth-order valence-electron chi connectivity index (χ4n) is 1.84. The van der Waals surface area contributed by atoms with Gasteiger partial charge in [0.15, 0.2) is 5.82 Å². The number of aromatic nitrogens is 2. The summed E-state index contributed by atoms with van der Waals surface area (Å²) in [5.41, 5.74) is 0.836. The summed E-state index contributed by atoms with van der Waals surface area (Å²) in [6, 6.07) is 4.29. The zero-order valence-corrected chi connectivity index (χ0v) is 13.2. The quantitative estimate of drug-likeness (QED) is 0.919. The molecule has 0 aliphatic rings. The van der Waals surface area contributed by atoms with Crippen LogP contribution >= 0.6 is 11.6 Å². The van der Waals surface area contributed by atoms with Crippen LogP contribution in [0.2, 0.25) is 5.02 Å². The van der Waals surface area contributed by atoms with Gasteiger partial charge in [-0.05, 0) is 38.5 Å². The highest BCUT2D eigenvalue weighted by Gasteiger charge is 2.12. The summed E-state index contributed by atoms with van der Waals surface area (Å²) in [7, 11) is 0. The summed E-state index contributed by atoms with van der Waals surface area (Å²) in [6.07, 6.45) is 1.09. The van der Waals surface area contributed by atoms with Crippen LogP contribution in [0.3, 0.4) is 0 Å².